The number of fused-ring (bicyclic) bond motifs is 2. The standard InChI is InChI=1S/C29H28N2O6S/c1-17-25(28(33)36-14-13-34-3)26(19-9-11-22(35-4)12-10-19)31-27(32)24(38-29(31)30-17)16-21-15-20-7-5-6-8-23(20)37-18(21)2/h5-12,15-16,18,26H,13-14H2,1-4H3. The van der Waals surface area contributed by atoms with Crippen LogP contribution in [0, 0.1) is 0 Å². The SMILES string of the molecule is COCCOC(=O)C1=C(C)N=c2sc(=CC3=Cc4ccccc4OC3C)c(=O)n2C1c1ccc(OC)cc1. The number of carbonyl (C=O) groups excluding carboxylic acids is 1. The average Bonchev–Trinajstić information content (AvgIpc) is 3.22. The van der Waals surface area contributed by atoms with E-state index in [9.17, 15) is 9.59 Å². The second-order valence-corrected chi connectivity index (χ2v) is 9.94. The van der Waals surface area contributed by atoms with E-state index in [1.165, 1.54) is 18.4 Å². The molecule has 8 nitrogen and oxygen atoms in total. The van der Waals surface area contributed by atoms with Crippen LogP contribution in [0.2, 0.25) is 0 Å². The Bertz CT molecular complexity index is 1610. The van der Waals surface area contributed by atoms with Gasteiger partial charge >= 0.3 is 5.97 Å². The maximum atomic E-state index is 13.9. The molecule has 2 aliphatic heterocycles. The lowest BCUT2D eigenvalue weighted by Gasteiger charge is -2.25. The largest absolute Gasteiger partial charge is 0.497 e. The van der Waals surface area contributed by atoms with Gasteiger partial charge in [-0.1, -0.05) is 41.7 Å². The molecule has 5 rings (SSSR count). The molecular weight excluding hydrogens is 504 g/mol. The molecule has 2 aliphatic rings. The van der Waals surface area contributed by atoms with E-state index in [1.54, 1.807) is 30.7 Å². The molecule has 0 spiro atoms. The number of benzene rings is 2. The van der Waals surface area contributed by atoms with Gasteiger partial charge in [0.25, 0.3) is 5.56 Å². The Morgan fingerprint density at radius 2 is 1.89 bits per heavy atom. The molecule has 2 unspecified atom stereocenters. The van der Waals surface area contributed by atoms with Crippen molar-refractivity contribution in [1.29, 1.82) is 0 Å². The summed E-state index contributed by atoms with van der Waals surface area (Å²) in [5.74, 6) is 0.946. The Morgan fingerprint density at radius 3 is 2.63 bits per heavy atom. The summed E-state index contributed by atoms with van der Waals surface area (Å²) in [7, 11) is 3.12. The smallest absolute Gasteiger partial charge is 0.338 e. The first-order chi connectivity index (χ1) is 18.4. The van der Waals surface area contributed by atoms with Gasteiger partial charge in [-0.2, -0.15) is 0 Å². The summed E-state index contributed by atoms with van der Waals surface area (Å²) in [5, 5.41) is 0. The normalized spacial score (nSPS) is 18.6. The van der Waals surface area contributed by atoms with E-state index >= 15 is 0 Å². The van der Waals surface area contributed by atoms with E-state index in [4.69, 9.17) is 18.9 Å². The summed E-state index contributed by atoms with van der Waals surface area (Å²) in [4.78, 5) is 32.3. The third kappa shape index (κ3) is 4.82. The van der Waals surface area contributed by atoms with E-state index in [0.717, 1.165) is 22.4 Å². The monoisotopic (exact) mass is 532 g/mol. The molecule has 0 saturated heterocycles. The van der Waals surface area contributed by atoms with Crippen LogP contribution in [0.3, 0.4) is 0 Å². The van der Waals surface area contributed by atoms with Crippen LogP contribution in [-0.2, 0) is 14.3 Å². The molecule has 3 heterocycles. The highest BCUT2D eigenvalue weighted by atomic mass is 32.1. The predicted octanol–water partition coefficient (Wildman–Crippen LogP) is 3.25. The number of methoxy groups -OCH3 is 2. The molecule has 0 fully saturated rings. The Hall–Kier alpha value is -3.95. The van der Waals surface area contributed by atoms with Crippen LogP contribution >= 0.6 is 11.3 Å². The quantitative estimate of drug-likeness (QED) is 0.343. The number of esters is 1. The van der Waals surface area contributed by atoms with Crippen LogP contribution in [0.5, 0.6) is 11.5 Å². The minimum atomic E-state index is -0.705. The van der Waals surface area contributed by atoms with Crippen molar-refractivity contribution < 1.29 is 23.7 Å². The molecule has 0 N–H and O–H groups in total. The van der Waals surface area contributed by atoms with Gasteiger partial charge in [-0.15, -0.1) is 0 Å². The predicted molar refractivity (Wildman–Crippen MR) is 145 cm³/mol. The number of thiazole rings is 1. The van der Waals surface area contributed by atoms with E-state index in [0.29, 0.717) is 26.4 Å². The van der Waals surface area contributed by atoms with Crippen molar-refractivity contribution in [3.8, 4) is 11.5 Å². The summed E-state index contributed by atoms with van der Waals surface area (Å²) >= 11 is 1.28. The first kappa shape index (κ1) is 25.7. The van der Waals surface area contributed by atoms with Gasteiger partial charge in [0, 0.05) is 12.7 Å². The molecule has 38 heavy (non-hydrogen) atoms. The third-order valence-electron chi connectivity index (χ3n) is 6.51. The molecule has 196 valence electrons. The molecule has 0 aliphatic carbocycles. The first-order valence-corrected chi connectivity index (χ1v) is 13.0. The summed E-state index contributed by atoms with van der Waals surface area (Å²) < 4.78 is 23.9. The van der Waals surface area contributed by atoms with Crippen molar-refractivity contribution in [3.05, 3.63) is 96.2 Å². The summed E-state index contributed by atoms with van der Waals surface area (Å²) in [6.45, 7) is 4.08. The lowest BCUT2D eigenvalue weighted by molar-refractivity contribution is -0.140. The highest BCUT2D eigenvalue weighted by Crippen LogP contribution is 2.32. The zero-order valence-electron chi connectivity index (χ0n) is 21.6. The van der Waals surface area contributed by atoms with Gasteiger partial charge in [0.15, 0.2) is 4.80 Å². The minimum absolute atomic E-state index is 0.0966. The van der Waals surface area contributed by atoms with Crippen molar-refractivity contribution in [2.45, 2.75) is 26.0 Å². The molecule has 2 aromatic carbocycles. The number of ether oxygens (including phenoxy) is 4. The first-order valence-electron chi connectivity index (χ1n) is 12.2. The van der Waals surface area contributed by atoms with E-state index in [-0.39, 0.29) is 24.9 Å². The molecule has 2 atom stereocenters. The lowest BCUT2D eigenvalue weighted by Crippen LogP contribution is -2.40. The molecule has 0 amide bonds. The fraction of sp³-hybridized carbons (Fsp3) is 0.276. The maximum absolute atomic E-state index is 13.9. The molecule has 3 aromatic rings. The van der Waals surface area contributed by atoms with Crippen molar-refractivity contribution in [2.24, 2.45) is 4.99 Å². The average molecular weight is 533 g/mol. The van der Waals surface area contributed by atoms with Crippen LogP contribution in [0.15, 0.2) is 75.2 Å². The van der Waals surface area contributed by atoms with Gasteiger partial charge in [-0.05, 0) is 55.3 Å². The zero-order valence-corrected chi connectivity index (χ0v) is 22.4. The topological polar surface area (TPSA) is 88.4 Å². The molecular formula is C29H28N2O6S. The van der Waals surface area contributed by atoms with E-state index in [2.05, 4.69) is 4.99 Å². The highest BCUT2D eigenvalue weighted by Gasteiger charge is 2.33. The van der Waals surface area contributed by atoms with Crippen LogP contribution in [0.25, 0.3) is 12.2 Å². The number of hydrogen-bond acceptors (Lipinski definition) is 8. The fourth-order valence-corrected chi connectivity index (χ4v) is 5.60. The lowest BCUT2D eigenvalue weighted by atomic mass is 9.96. The number of allylic oxidation sites excluding steroid dienone is 1. The van der Waals surface area contributed by atoms with Crippen LogP contribution in [0.4, 0.5) is 0 Å². The van der Waals surface area contributed by atoms with E-state index < -0.39 is 12.0 Å². The summed E-state index contributed by atoms with van der Waals surface area (Å²) in [6, 6.07) is 14.4. The number of hydrogen-bond donors (Lipinski definition) is 0. The Balaban J connectivity index is 1.64. The van der Waals surface area contributed by atoms with Gasteiger partial charge in [0.05, 0.1) is 35.6 Å². The van der Waals surface area contributed by atoms with Crippen LogP contribution < -0.4 is 24.4 Å². The number of para-hydroxylation sites is 1. The molecule has 0 bridgehead atoms. The Labute approximate surface area is 223 Å². The Kier molecular flexibility index (Phi) is 7.31. The van der Waals surface area contributed by atoms with Crippen LogP contribution in [0.1, 0.15) is 31.0 Å². The van der Waals surface area contributed by atoms with Crippen LogP contribution in [-0.4, -0.2) is 44.1 Å². The van der Waals surface area contributed by atoms with Gasteiger partial charge in [0.2, 0.25) is 0 Å². The third-order valence-corrected chi connectivity index (χ3v) is 7.49. The van der Waals surface area contributed by atoms with Gasteiger partial charge < -0.3 is 18.9 Å². The molecule has 0 saturated carbocycles. The van der Waals surface area contributed by atoms with Crippen molar-refractivity contribution in [2.75, 3.05) is 27.4 Å². The van der Waals surface area contributed by atoms with Crippen molar-refractivity contribution in [1.82, 2.24) is 4.57 Å². The molecule has 0 radical (unpaired) electrons. The summed E-state index contributed by atoms with van der Waals surface area (Å²) in [6.07, 6.45) is 3.66. The zero-order chi connectivity index (χ0) is 26.8. The minimum Gasteiger partial charge on any atom is -0.497 e. The fourth-order valence-electron chi connectivity index (χ4n) is 4.55. The molecule has 1 aromatic heterocycles. The number of nitrogens with zero attached hydrogens (tertiary/aromatic N) is 2. The maximum Gasteiger partial charge on any atom is 0.338 e. The highest BCUT2D eigenvalue weighted by molar-refractivity contribution is 7.07. The van der Waals surface area contributed by atoms with E-state index in [1.807, 2.05) is 55.5 Å². The van der Waals surface area contributed by atoms with Crippen molar-refractivity contribution >= 4 is 29.5 Å². The van der Waals surface area contributed by atoms with Gasteiger partial charge in [0.1, 0.15) is 24.2 Å². The molecule has 9 heteroatoms. The number of aromatic nitrogens is 1. The number of rotatable bonds is 7. The van der Waals surface area contributed by atoms with Gasteiger partial charge in [-0.25, -0.2) is 9.79 Å². The van der Waals surface area contributed by atoms with Crippen molar-refractivity contribution in [3.63, 3.8) is 0 Å². The second-order valence-electron chi connectivity index (χ2n) is 8.93. The summed E-state index contributed by atoms with van der Waals surface area (Å²) in [5.41, 5.74) is 3.16. The van der Waals surface area contributed by atoms with Gasteiger partial charge in [-0.3, -0.25) is 9.36 Å². The number of carbonyl (C=O) groups is 1. The second kappa shape index (κ2) is 10.8. The Morgan fingerprint density at radius 1 is 1.13 bits per heavy atom.